The molecule has 0 saturated carbocycles. The smallest absolute Gasteiger partial charge is 0.0594 e. The van der Waals surface area contributed by atoms with Crippen LogP contribution in [0.15, 0.2) is 0 Å². The monoisotopic (exact) mass is 280 g/mol. The maximum absolute atomic E-state index is 2.38. The third kappa shape index (κ3) is 9.32. The molecule has 0 radical (unpaired) electrons. The molecule has 0 rings (SSSR count). The highest BCUT2D eigenvalue weighted by atomic mass is 35.5. The quantitative estimate of drug-likeness (QED) is 0.403. The van der Waals surface area contributed by atoms with Gasteiger partial charge < -0.3 is 12.4 Å². The van der Waals surface area contributed by atoms with E-state index in [2.05, 4.69) is 27.7 Å². The Hall–Kier alpha value is 0.720. The molecule has 2 heteroatoms. The van der Waals surface area contributed by atoms with Gasteiger partial charge in [-0.05, 0) is 32.1 Å². The van der Waals surface area contributed by atoms with Gasteiger partial charge in [-0.15, -0.1) is 0 Å². The molecule has 0 nitrogen and oxygen atoms in total. The van der Waals surface area contributed by atoms with E-state index in [-0.39, 0.29) is 12.4 Å². The first kappa shape index (κ1) is 20.0. The van der Waals surface area contributed by atoms with Crippen LogP contribution >= 0.6 is 7.26 Å². The van der Waals surface area contributed by atoms with Crippen LogP contribution in [-0.2, 0) is 0 Å². The largest absolute Gasteiger partial charge is 1.00 e. The van der Waals surface area contributed by atoms with Gasteiger partial charge in [0.25, 0.3) is 0 Å². The maximum Gasteiger partial charge on any atom is 0.0594 e. The summed E-state index contributed by atoms with van der Waals surface area (Å²) in [6.45, 7) is 9.46. The van der Waals surface area contributed by atoms with Gasteiger partial charge >= 0.3 is 0 Å². The number of hydrogen-bond donors (Lipinski definition) is 0. The SMILES string of the molecule is CCCCCC[P+](CCC)(CCC)CCC.[Cl-]. The zero-order valence-electron chi connectivity index (χ0n) is 12.6. The van der Waals surface area contributed by atoms with Crippen molar-refractivity contribution < 1.29 is 12.4 Å². The third-order valence-corrected chi connectivity index (χ3v) is 9.03. The minimum absolute atomic E-state index is 0. The summed E-state index contributed by atoms with van der Waals surface area (Å²) in [4.78, 5) is 0. The van der Waals surface area contributed by atoms with Crippen molar-refractivity contribution in [2.24, 2.45) is 0 Å². The molecule has 0 unspecified atom stereocenters. The summed E-state index contributed by atoms with van der Waals surface area (Å²) in [6, 6.07) is 0. The Labute approximate surface area is 117 Å². The molecule has 0 aliphatic rings. The normalized spacial score (nSPS) is 11.3. The highest BCUT2D eigenvalue weighted by molar-refractivity contribution is 7.75. The van der Waals surface area contributed by atoms with Crippen molar-refractivity contribution >= 4 is 7.26 Å². The highest BCUT2D eigenvalue weighted by Gasteiger charge is 2.33. The molecule has 0 amide bonds. The number of rotatable bonds is 11. The summed E-state index contributed by atoms with van der Waals surface area (Å²) < 4.78 is 0. The van der Waals surface area contributed by atoms with E-state index in [1.54, 1.807) is 24.6 Å². The molecule has 0 heterocycles. The molecule has 0 spiro atoms. The molecule has 0 saturated heterocycles. The van der Waals surface area contributed by atoms with Gasteiger partial charge in [0.2, 0.25) is 0 Å². The first-order chi connectivity index (χ1) is 7.74. The Kier molecular flexibility index (Phi) is 15.5. The molecule has 0 atom stereocenters. The molecule has 17 heavy (non-hydrogen) atoms. The van der Waals surface area contributed by atoms with Gasteiger partial charge in [-0.3, -0.25) is 0 Å². The van der Waals surface area contributed by atoms with Crippen LogP contribution in [0.2, 0.25) is 0 Å². The number of hydrogen-bond acceptors (Lipinski definition) is 0. The Bertz CT molecular complexity index is 131. The lowest BCUT2D eigenvalue weighted by atomic mass is 10.2. The number of halogens is 1. The van der Waals surface area contributed by atoms with E-state index in [0.717, 1.165) is 0 Å². The van der Waals surface area contributed by atoms with E-state index >= 15 is 0 Å². The van der Waals surface area contributed by atoms with Crippen molar-refractivity contribution in [1.29, 1.82) is 0 Å². The lowest BCUT2D eigenvalue weighted by Crippen LogP contribution is -3.00. The summed E-state index contributed by atoms with van der Waals surface area (Å²) in [7, 11) is -0.536. The summed E-state index contributed by atoms with van der Waals surface area (Å²) in [5, 5.41) is 0. The van der Waals surface area contributed by atoms with Crippen molar-refractivity contribution in [3.8, 4) is 0 Å². The molecule has 0 aromatic heterocycles. The average molecular weight is 281 g/mol. The molecular formula is C15H34ClP. The molecule has 106 valence electrons. The zero-order valence-corrected chi connectivity index (χ0v) is 14.3. The predicted octanol–water partition coefficient (Wildman–Crippen LogP) is 2.82. The first-order valence-electron chi connectivity index (χ1n) is 7.59. The molecule has 0 N–H and O–H groups in total. The lowest BCUT2D eigenvalue weighted by molar-refractivity contribution is -0.00000384. The Balaban J connectivity index is 0. The standard InChI is InChI=1S/C15H34P.ClH/c1-5-9-10-11-15-16(12-6-2,13-7-3)14-8-4;/h5-15H2,1-4H3;1H/q+1;/p-1. The molecule has 0 aromatic rings. The van der Waals surface area contributed by atoms with Crippen LogP contribution in [0.3, 0.4) is 0 Å². The molecule has 0 aromatic carbocycles. The summed E-state index contributed by atoms with van der Waals surface area (Å²) in [6.07, 6.45) is 16.4. The second-order valence-corrected chi connectivity index (χ2v) is 9.77. The van der Waals surface area contributed by atoms with E-state index < -0.39 is 7.26 Å². The molecule has 0 fully saturated rings. The summed E-state index contributed by atoms with van der Waals surface area (Å²) in [5.41, 5.74) is 0. The fourth-order valence-corrected chi connectivity index (χ4v) is 8.05. The molecule has 0 aliphatic heterocycles. The van der Waals surface area contributed by atoms with Crippen LogP contribution < -0.4 is 12.4 Å². The maximum atomic E-state index is 2.38. The van der Waals surface area contributed by atoms with Crippen molar-refractivity contribution in [1.82, 2.24) is 0 Å². The van der Waals surface area contributed by atoms with Gasteiger partial charge in [0.15, 0.2) is 0 Å². The van der Waals surface area contributed by atoms with E-state index in [4.69, 9.17) is 0 Å². The predicted molar refractivity (Wildman–Crippen MR) is 81.4 cm³/mol. The van der Waals surface area contributed by atoms with Gasteiger partial charge in [0.1, 0.15) is 0 Å². The fraction of sp³-hybridized carbons (Fsp3) is 1.00. The van der Waals surface area contributed by atoms with Gasteiger partial charge in [-0.1, -0.05) is 40.5 Å². The molecule has 0 bridgehead atoms. The van der Waals surface area contributed by atoms with Crippen LogP contribution in [0.4, 0.5) is 0 Å². The average Bonchev–Trinajstić information content (AvgIpc) is 2.26. The Morgan fingerprint density at radius 2 is 1.00 bits per heavy atom. The zero-order chi connectivity index (χ0) is 12.3. The first-order valence-corrected chi connectivity index (χ1v) is 10.1. The van der Waals surface area contributed by atoms with Gasteiger partial charge in [-0.2, -0.15) is 0 Å². The Morgan fingerprint density at radius 3 is 1.35 bits per heavy atom. The van der Waals surface area contributed by atoms with E-state index in [1.165, 1.54) is 44.9 Å². The van der Waals surface area contributed by atoms with Gasteiger partial charge in [-0.25, -0.2) is 0 Å². The van der Waals surface area contributed by atoms with E-state index in [0.29, 0.717) is 0 Å². The topological polar surface area (TPSA) is 0 Å². The van der Waals surface area contributed by atoms with Crippen LogP contribution in [0, 0.1) is 0 Å². The molecule has 0 aliphatic carbocycles. The summed E-state index contributed by atoms with van der Waals surface area (Å²) >= 11 is 0. The van der Waals surface area contributed by atoms with Crippen LogP contribution in [0.5, 0.6) is 0 Å². The van der Waals surface area contributed by atoms with Gasteiger partial charge in [0, 0.05) is 7.26 Å². The Morgan fingerprint density at radius 1 is 0.529 bits per heavy atom. The second kappa shape index (κ2) is 13.2. The van der Waals surface area contributed by atoms with Gasteiger partial charge in [0.05, 0.1) is 24.6 Å². The third-order valence-electron chi connectivity index (χ3n) is 3.58. The molecular weight excluding hydrogens is 247 g/mol. The minimum atomic E-state index is -0.536. The van der Waals surface area contributed by atoms with E-state index in [9.17, 15) is 0 Å². The minimum Gasteiger partial charge on any atom is -1.00 e. The van der Waals surface area contributed by atoms with E-state index in [1.807, 2.05) is 0 Å². The van der Waals surface area contributed by atoms with Crippen LogP contribution in [0.25, 0.3) is 0 Å². The highest BCUT2D eigenvalue weighted by Crippen LogP contribution is 2.60. The fourth-order valence-electron chi connectivity index (χ4n) is 2.97. The lowest BCUT2D eigenvalue weighted by Gasteiger charge is -2.27. The van der Waals surface area contributed by atoms with Crippen molar-refractivity contribution in [3.05, 3.63) is 0 Å². The van der Waals surface area contributed by atoms with Crippen molar-refractivity contribution in [2.75, 3.05) is 24.6 Å². The van der Waals surface area contributed by atoms with Crippen molar-refractivity contribution in [2.45, 2.75) is 72.6 Å². The van der Waals surface area contributed by atoms with Crippen LogP contribution in [-0.4, -0.2) is 24.6 Å². The number of unbranched alkanes of at least 4 members (excludes halogenated alkanes) is 3. The van der Waals surface area contributed by atoms with Crippen molar-refractivity contribution in [3.63, 3.8) is 0 Å². The summed E-state index contributed by atoms with van der Waals surface area (Å²) in [5.74, 6) is 0. The van der Waals surface area contributed by atoms with Crippen LogP contribution in [0.1, 0.15) is 72.6 Å². The second-order valence-electron chi connectivity index (χ2n) is 5.30.